The van der Waals surface area contributed by atoms with Crippen molar-refractivity contribution < 1.29 is 19.1 Å². The number of hydrogen-bond donors (Lipinski definition) is 2. The summed E-state index contributed by atoms with van der Waals surface area (Å²) in [6, 6.07) is 6.95. The van der Waals surface area contributed by atoms with Crippen molar-refractivity contribution in [3.05, 3.63) is 35.4 Å². The van der Waals surface area contributed by atoms with Gasteiger partial charge in [0.05, 0.1) is 0 Å². The van der Waals surface area contributed by atoms with Gasteiger partial charge in [0.1, 0.15) is 6.54 Å². The molecule has 1 atom stereocenters. The SMILES string of the molecule is Cc1cccc(C(=O)NCC(=O)O[C@@H](C)C(N)=O)c1. The highest BCUT2D eigenvalue weighted by atomic mass is 16.5. The van der Waals surface area contributed by atoms with Crippen molar-refractivity contribution in [2.45, 2.75) is 20.0 Å². The molecule has 1 aromatic carbocycles. The molecule has 0 heterocycles. The summed E-state index contributed by atoms with van der Waals surface area (Å²) in [5.41, 5.74) is 6.34. The van der Waals surface area contributed by atoms with Crippen LogP contribution in [-0.4, -0.2) is 30.4 Å². The van der Waals surface area contributed by atoms with Crippen LogP contribution in [0.25, 0.3) is 0 Å². The van der Waals surface area contributed by atoms with Gasteiger partial charge in [-0.1, -0.05) is 17.7 Å². The van der Waals surface area contributed by atoms with Gasteiger partial charge in [-0.3, -0.25) is 14.4 Å². The van der Waals surface area contributed by atoms with Gasteiger partial charge in [0.25, 0.3) is 11.8 Å². The number of rotatable bonds is 5. The summed E-state index contributed by atoms with van der Waals surface area (Å²) in [4.78, 5) is 33.7. The summed E-state index contributed by atoms with van der Waals surface area (Å²) in [5, 5.41) is 2.40. The fraction of sp³-hybridized carbons (Fsp3) is 0.308. The number of esters is 1. The van der Waals surface area contributed by atoms with Gasteiger partial charge in [-0.25, -0.2) is 0 Å². The van der Waals surface area contributed by atoms with Crippen LogP contribution in [0.1, 0.15) is 22.8 Å². The zero-order valence-corrected chi connectivity index (χ0v) is 10.8. The Morgan fingerprint density at radius 1 is 1.37 bits per heavy atom. The van der Waals surface area contributed by atoms with Crippen LogP contribution in [0.2, 0.25) is 0 Å². The highest BCUT2D eigenvalue weighted by Gasteiger charge is 2.15. The average Bonchev–Trinajstić information content (AvgIpc) is 2.35. The number of carbonyl (C=O) groups excluding carboxylic acids is 3. The number of hydrogen-bond acceptors (Lipinski definition) is 4. The minimum atomic E-state index is -1.01. The lowest BCUT2D eigenvalue weighted by Crippen LogP contribution is -2.36. The number of nitrogens with two attached hydrogens (primary N) is 1. The Morgan fingerprint density at radius 3 is 2.63 bits per heavy atom. The minimum Gasteiger partial charge on any atom is -0.451 e. The van der Waals surface area contributed by atoms with Gasteiger partial charge in [-0.05, 0) is 26.0 Å². The van der Waals surface area contributed by atoms with Crippen LogP contribution in [-0.2, 0) is 14.3 Å². The van der Waals surface area contributed by atoms with Gasteiger partial charge in [0, 0.05) is 5.56 Å². The van der Waals surface area contributed by atoms with Crippen molar-refractivity contribution in [1.82, 2.24) is 5.32 Å². The predicted octanol–water partition coefficient (Wildman–Crippen LogP) is 0.142. The Balaban J connectivity index is 2.46. The number of nitrogens with one attached hydrogen (secondary N) is 1. The lowest BCUT2D eigenvalue weighted by molar-refractivity contribution is -0.152. The van der Waals surface area contributed by atoms with E-state index in [2.05, 4.69) is 5.32 Å². The number of benzene rings is 1. The van der Waals surface area contributed by atoms with Crippen LogP contribution >= 0.6 is 0 Å². The van der Waals surface area contributed by atoms with Gasteiger partial charge in [-0.15, -0.1) is 0 Å². The van der Waals surface area contributed by atoms with Crippen LogP contribution in [0, 0.1) is 6.92 Å². The fourth-order valence-corrected chi connectivity index (χ4v) is 1.34. The molecule has 6 heteroatoms. The Morgan fingerprint density at radius 2 is 2.05 bits per heavy atom. The number of ether oxygens (including phenoxy) is 1. The monoisotopic (exact) mass is 264 g/mol. The number of primary amides is 1. The van der Waals surface area contributed by atoms with E-state index in [1.807, 2.05) is 13.0 Å². The second-order valence-electron chi connectivity index (χ2n) is 4.09. The molecule has 0 saturated carbocycles. The summed E-state index contributed by atoms with van der Waals surface area (Å²) in [5.74, 6) is -1.84. The topological polar surface area (TPSA) is 98.5 Å². The fourth-order valence-electron chi connectivity index (χ4n) is 1.34. The quantitative estimate of drug-likeness (QED) is 0.739. The third-order valence-corrected chi connectivity index (χ3v) is 2.38. The molecular formula is C13H16N2O4. The molecule has 3 N–H and O–H groups in total. The average molecular weight is 264 g/mol. The summed E-state index contributed by atoms with van der Waals surface area (Å²) in [6.07, 6.45) is -1.01. The lowest BCUT2D eigenvalue weighted by atomic mass is 10.1. The van der Waals surface area contributed by atoms with E-state index in [0.29, 0.717) is 5.56 Å². The zero-order chi connectivity index (χ0) is 14.4. The highest BCUT2D eigenvalue weighted by molar-refractivity contribution is 5.96. The Kier molecular flexibility index (Phi) is 5.05. The van der Waals surface area contributed by atoms with E-state index in [9.17, 15) is 14.4 Å². The van der Waals surface area contributed by atoms with Gasteiger partial charge in [-0.2, -0.15) is 0 Å². The maximum absolute atomic E-state index is 11.7. The zero-order valence-electron chi connectivity index (χ0n) is 10.8. The van der Waals surface area contributed by atoms with Gasteiger partial charge in [0.2, 0.25) is 0 Å². The molecule has 0 fully saturated rings. The first-order valence-electron chi connectivity index (χ1n) is 5.74. The van der Waals surface area contributed by atoms with E-state index >= 15 is 0 Å². The van der Waals surface area contributed by atoms with Gasteiger partial charge < -0.3 is 15.8 Å². The Bertz CT molecular complexity index is 499. The molecule has 0 unspecified atom stereocenters. The molecule has 0 aliphatic carbocycles. The molecule has 0 bridgehead atoms. The molecule has 0 aromatic heterocycles. The van der Waals surface area contributed by atoms with Crippen molar-refractivity contribution in [3.63, 3.8) is 0 Å². The summed E-state index contributed by atoms with van der Waals surface area (Å²) >= 11 is 0. The summed E-state index contributed by atoms with van der Waals surface area (Å²) in [6.45, 7) is 2.91. The molecule has 0 spiro atoms. The second kappa shape index (κ2) is 6.53. The Hall–Kier alpha value is -2.37. The molecule has 6 nitrogen and oxygen atoms in total. The molecule has 0 aliphatic rings. The van der Waals surface area contributed by atoms with Gasteiger partial charge >= 0.3 is 5.97 Å². The van der Waals surface area contributed by atoms with Crippen molar-refractivity contribution in [2.75, 3.05) is 6.54 Å². The number of aryl methyl sites for hydroxylation is 1. The van der Waals surface area contributed by atoms with Crippen LogP contribution in [0.4, 0.5) is 0 Å². The summed E-state index contributed by atoms with van der Waals surface area (Å²) < 4.78 is 4.69. The molecule has 0 saturated heterocycles. The highest BCUT2D eigenvalue weighted by Crippen LogP contribution is 2.03. The number of amides is 2. The van der Waals surface area contributed by atoms with Crippen molar-refractivity contribution >= 4 is 17.8 Å². The summed E-state index contributed by atoms with van der Waals surface area (Å²) in [7, 11) is 0. The molecular weight excluding hydrogens is 248 g/mol. The van der Waals surface area contributed by atoms with Crippen LogP contribution in [0.5, 0.6) is 0 Å². The normalized spacial score (nSPS) is 11.5. The third-order valence-electron chi connectivity index (χ3n) is 2.38. The first kappa shape index (κ1) is 14.7. The standard InChI is InChI=1S/C13H16N2O4/c1-8-4-3-5-10(6-8)13(18)15-7-11(16)19-9(2)12(14)17/h3-6,9H,7H2,1-2H3,(H2,14,17)(H,15,18)/t9-/m0/s1. The van der Waals surface area contributed by atoms with E-state index in [1.165, 1.54) is 6.92 Å². The third kappa shape index (κ3) is 4.79. The van der Waals surface area contributed by atoms with E-state index < -0.39 is 18.0 Å². The van der Waals surface area contributed by atoms with Crippen LogP contribution < -0.4 is 11.1 Å². The molecule has 19 heavy (non-hydrogen) atoms. The largest absolute Gasteiger partial charge is 0.451 e. The second-order valence-corrected chi connectivity index (χ2v) is 4.09. The molecule has 1 rings (SSSR count). The van der Waals surface area contributed by atoms with Crippen LogP contribution in [0.15, 0.2) is 24.3 Å². The van der Waals surface area contributed by atoms with Crippen molar-refractivity contribution in [1.29, 1.82) is 0 Å². The van der Waals surface area contributed by atoms with Crippen molar-refractivity contribution in [3.8, 4) is 0 Å². The van der Waals surface area contributed by atoms with E-state index in [4.69, 9.17) is 10.5 Å². The van der Waals surface area contributed by atoms with E-state index in [1.54, 1.807) is 18.2 Å². The first-order chi connectivity index (χ1) is 8.90. The molecule has 0 radical (unpaired) electrons. The minimum absolute atomic E-state index is 0.315. The van der Waals surface area contributed by atoms with E-state index in [-0.39, 0.29) is 12.5 Å². The van der Waals surface area contributed by atoms with Crippen LogP contribution in [0.3, 0.4) is 0 Å². The van der Waals surface area contributed by atoms with E-state index in [0.717, 1.165) is 5.56 Å². The first-order valence-corrected chi connectivity index (χ1v) is 5.74. The molecule has 102 valence electrons. The predicted molar refractivity (Wildman–Crippen MR) is 68.3 cm³/mol. The molecule has 0 aliphatic heterocycles. The van der Waals surface area contributed by atoms with Crippen molar-refractivity contribution in [2.24, 2.45) is 5.73 Å². The number of carbonyl (C=O) groups is 3. The lowest BCUT2D eigenvalue weighted by Gasteiger charge is -2.10. The maximum Gasteiger partial charge on any atom is 0.326 e. The maximum atomic E-state index is 11.7. The smallest absolute Gasteiger partial charge is 0.326 e. The Labute approximate surface area is 110 Å². The molecule has 2 amide bonds. The molecule has 1 aromatic rings. The van der Waals surface area contributed by atoms with Gasteiger partial charge in [0.15, 0.2) is 6.10 Å².